The van der Waals surface area contributed by atoms with E-state index in [1.165, 1.54) is 25.7 Å². The van der Waals surface area contributed by atoms with Gasteiger partial charge in [0.05, 0.1) is 13.0 Å². The number of amides is 1. The summed E-state index contributed by atoms with van der Waals surface area (Å²) in [6.45, 7) is 4.01. The highest BCUT2D eigenvalue weighted by atomic mass is 35.5. The van der Waals surface area contributed by atoms with Crippen molar-refractivity contribution in [3.05, 3.63) is 28.2 Å². The molecule has 1 aliphatic carbocycles. The van der Waals surface area contributed by atoms with Gasteiger partial charge in [-0.1, -0.05) is 36.0 Å². The van der Waals surface area contributed by atoms with E-state index in [-0.39, 0.29) is 18.3 Å². The van der Waals surface area contributed by atoms with Crippen LogP contribution in [-0.4, -0.2) is 54.5 Å². The second kappa shape index (κ2) is 9.86. The van der Waals surface area contributed by atoms with Crippen molar-refractivity contribution in [3.63, 3.8) is 0 Å². The summed E-state index contributed by atoms with van der Waals surface area (Å²) in [6, 6.07) is 5.82. The fourth-order valence-corrected chi connectivity index (χ4v) is 4.14. The van der Waals surface area contributed by atoms with Crippen molar-refractivity contribution in [1.29, 1.82) is 0 Å². The van der Waals surface area contributed by atoms with Gasteiger partial charge in [0.2, 0.25) is 5.91 Å². The van der Waals surface area contributed by atoms with Gasteiger partial charge in [-0.05, 0) is 31.0 Å². The van der Waals surface area contributed by atoms with Crippen molar-refractivity contribution in [2.75, 3.05) is 32.8 Å². The number of piperazine rings is 1. The maximum atomic E-state index is 12.3. The molecule has 3 rings (SSSR count). The number of hydrogen-bond acceptors (Lipinski definition) is 3. The molecule has 0 radical (unpaired) electrons. The van der Waals surface area contributed by atoms with Crippen LogP contribution in [-0.2, 0) is 4.79 Å². The first-order chi connectivity index (χ1) is 11.6. The number of hydrogen-bond donors (Lipinski definition) is 0. The Morgan fingerprint density at radius 3 is 2.24 bits per heavy atom. The van der Waals surface area contributed by atoms with Crippen LogP contribution in [0, 0.1) is 0 Å². The van der Waals surface area contributed by atoms with E-state index in [4.69, 9.17) is 27.9 Å². The van der Waals surface area contributed by atoms with Crippen LogP contribution in [0.1, 0.15) is 32.1 Å². The summed E-state index contributed by atoms with van der Waals surface area (Å²) in [4.78, 5) is 16.8. The fraction of sp³-hybridized carbons (Fsp3) is 0.611. The molecule has 0 spiro atoms. The minimum Gasteiger partial charge on any atom is -0.493 e. The average Bonchev–Trinajstić information content (AvgIpc) is 3.08. The van der Waals surface area contributed by atoms with Crippen molar-refractivity contribution >= 4 is 41.5 Å². The van der Waals surface area contributed by atoms with Gasteiger partial charge in [0.15, 0.2) is 0 Å². The zero-order valence-corrected chi connectivity index (χ0v) is 16.6. The third kappa shape index (κ3) is 5.92. The van der Waals surface area contributed by atoms with E-state index in [1.54, 1.807) is 18.2 Å². The van der Waals surface area contributed by atoms with Gasteiger partial charge in [-0.3, -0.25) is 9.69 Å². The van der Waals surface area contributed by atoms with E-state index in [0.29, 0.717) is 28.8 Å². The van der Waals surface area contributed by atoms with Crippen LogP contribution in [0.4, 0.5) is 0 Å². The number of ether oxygens (including phenoxy) is 1. The standard InChI is InChI=1S/C18H24Cl2N2O2.ClH/c19-14-11-15(20)13-17(12-14)24-10-5-18(23)22-8-6-21(7-9-22)16-3-1-2-4-16;/h11-13,16H,1-10H2;1H. The molecule has 1 saturated heterocycles. The zero-order valence-electron chi connectivity index (χ0n) is 14.3. The molecule has 1 heterocycles. The van der Waals surface area contributed by atoms with Gasteiger partial charge < -0.3 is 9.64 Å². The van der Waals surface area contributed by atoms with Crippen LogP contribution in [0.3, 0.4) is 0 Å². The number of benzene rings is 1. The highest BCUT2D eigenvalue weighted by Gasteiger charge is 2.27. The lowest BCUT2D eigenvalue weighted by atomic mass is 10.2. The van der Waals surface area contributed by atoms with Crippen LogP contribution in [0.2, 0.25) is 10.0 Å². The van der Waals surface area contributed by atoms with E-state index in [0.717, 1.165) is 32.2 Å². The summed E-state index contributed by atoms with van der Waals surface area (Å²) in [7, 11) is 0. The van der Waals surface area contributed by atoms with E-state index in [9.17, 15) is 4.79 Å². The Balaban J connectivity index is 0.00000225. The lowest BCUT2D eigenvalue weighted by molar-refractivity contribution is -0.133. The Bertz CT molecular complexity index is 551. The van der Waals surface area contributed by atoms with Crippen LogP contribution in [0.25, 0.3) is 0 Å². The summed E-state index contributed by atoms with van der Waals surface area (Å²) in [6.07, 6.45) is 5.74. The molecule has 1 aromatic carbocycles. The molecule has 0 bridgehead atoms. The zero-order chi connectivity index (χ0) is 16.9. The van der Waals surface area contributed by atoms with Crippen LogP contribution >= 0.6 is 35.6 Å². The molecule has 140 valence electrons. The van der Waals surface area contributed by atoms with Gasteiger partial charge in [0.25, 0.3) is 0 Å². The lowest BCUT2D eigenvalue weighted by Crippen LogP contribution is -2.51. The normalized spacial score (nSPS) is 18.9. The highest BCUT2D eigenvalue weighted by molar-refractivity contribution is 6.34. The number of halogens is 3. The molecular formula is C18H25Cl3N2O2. The molecule has 4 nitrogen and oxygen atoms in total. The van der Waals surface area contributed by atoms with Crippen LogP contribution in [0.5, 0.6) is 5.75 Å². The van der Waals surface area contributed by atoms with Crippen molar-refractivity contribution in [3.8, 4) is 5.75 Å². The van der Waals surface area contributed by atoms with Crippen LogP contribution < -0.4 is 4.74 Å². The second-order valence-electron chi connectivity index (χ2n) is 6.56. The largest absolute Gasteiger partial charge is 0.493 e. The molecule has 1 aromatic rings. The van der Waals surface area contributed by atoms with Gasteiger partial charge in [-0.25, -0.2) is 0 Å². The lowest BCUT2D eigenvalue weighted by Gasteiger charge is -2.38. The van der Waals surface area contributed by atoms with E-state index >= 15 is 0 Å². The van der Waals surface area contributed by atoms with Gasteiger partial charge in [0, 0.05) is 42.3 Å². The molecule has 1 aliphatic heterocycles. The molecule has 2 aliphatic rings. The molecular weight excluding hydrogens is 383 g/mol. The van der Waals surface area contributed by atoms with Crippen molar-refractivity contribution in [1.82, 2.24) is 9.80 Å². The Morgan fingerprint density at radius 1 is 1.04 bits per heavy atom. The number of carbonyl (C=O) groups is 1. The van der Waals surface area contributed by atoms with E-state index < -0.39 is 0 Å². The Labute approximate surface area is 165 Å². The molecule has 0 unspecified atom stereocenters. The Morgan fingerprint density at radius 2 is 1.64 bits per heavy atom. The number of carbonyl (C=O) groups excluding carboxylic acids is 1. The first-order valence-corrected chi connectivity index (χ1v) is 9.48. The minimum atomic E-state index is 0. The molecule has 1 amide bonds. The Kier molecular flexibility index (Phi) is 8.14. The van der Waals surface area contributed by atoms with Crippen molar-refractivity contribution in [2.24, 2.45) is 0 Å². The van der Waals surface area contributed by atoms with Gasteiger partial charge in [-0.15, -0.1) is 12.4 Å². The van der Waals surface area contributed by atoms with Gasteiger partial charge >= 0.3 is 0 Å². The fourth-order valence-electron chi connectivity index (χ4n) is 3.63. The predicted molar refractivity (Wildman–Crippen MR) is 104 cm³/mol. The topological polar surface area (TPSA) is 32.8 Å². The Hall–Kier alpha value is -0.680. The summed E-state index contributed by atoms with van der Waals surface area (Å²) in [5, 5.41) is 1.07. The third-order valence-electron chi connectivity index (χ3n) is 4.93. The SMILES string of the molecule is Cl.O=C(CCOc1cc(Cl)cc(Cl)c1)N1CCN(C2CCCC2)CC1. The number of nitrogens with zero attached hydrogens (tertiary/aromatic N) is 2. The summed E-state index contributed by atoms with van der Waals surface area (Å²) in [5.41, 5.74) is 0. The molecule has 0 atom stereocenters. The smallest absolute Gasteiger partial charge is 0.226 e. The summed E-state index contributed by atoms with van der Waals surface area (Å²) < 4.78 is 5.60. The minimum absolute atomic E-state index is 0. The molecule has 0 aromatic heterocycles. The third-order valence-corrected chi connectivity index (χ3v) is 5.37. The molecule has 0 N–H and O–H groups in total. The van der Waals surface area contributed by atoms with Crippen molar-refractivity contribution in [2.45, 2.75) is 38.1 Å². The van der Waals surface area contributed by atoms with E-state index in [1.807, 2.05) is 4.90 Å². The first kappa shape index (κ1) is 20.6. The summed E-state index contributed by atoms with van der Waals surface area (Å²) in [5.74, 6) is 0.764. The molecule has 7 heteroatoms. The summed E-state index contributed by atoms with van der Waals surface area (Å²) >= 11 is 11.9. The quantitative estimate of drug-likeness (QED) is 0.730. The number of rotatable bonds is 5. The second-order valence-corrected chi connectivity index (χ2v) is 7.43. The average molecular weight is 408 g/mol. The maximum absolute atomic E-state index is 12.3. The van der Waals surface area contributed by atoms with E-state index in [2.05, 4.69) is 4.90 Å². The molecule has 25 heavy (non-hydrogen) atoms. The first-order valence-electron chi connectivity index (χ1n) is 8.72. The molecule has 1 saturated carbocycles. The van der Waals surface area contributed by atoms with Gasteiger partial charge in [-0.2, -0.15) is 0 Å². The van der Waals surface area contributed by atoms with Gasteiger partial charge in [0.1, 0.15) is 5.75 Å². The predicted octanol–water partition coefficient (Wildman–Crippen LogP) is 4.27. The monoisotopic (exact) mass is 406 g/mol. The maximum Gasteiger partial charge on any atom is 0.226 e. The highest BCUT2D eigenvalue weighted by Crippen LogP contribution is 2.25. The van der Waals surface area contributed by atoms with Crippen LogP contribution in [0.15, 0.2) is 18.2 Å². The molecule has 2 fully saturated rings. The van der Waals surface area contributed by atoms with Crippen molar-refractivity contribution < 1.29 is 9.53 Å².